The van der Waals surface area contributed by atoms with Crippen LogP contribution in [0.1, 0.15) is 26.3 Å². The molecule has 2 rings (SSSR count). The normalized spacial score (nSPS) is 15.4. The van der Waals surface area contributed by atoms with Crippen molar-refractivity contribution in [2.75, 3.05) is 32.7 Å². The molecule has 1 aromatic rings. The molecule has 1 aliphatic rings. The number of aliphatic imine (C=N–C) groups is 1. The maximum absolute atomic E-state index is 12.0. The Bertz CT molecular complexity index is 623. The number of piperazine rings is 1. The molecule has 1 aromatic carbocycles. The van der Waals surface area contributed by atoms with Crippen LogP contribution in [0.25, 0.3) is 0 Å². The zero-order valence-corrected chi connectivity index (χ0v) is 18.0. The highest BCUT2D eigenvalue weighted by Gasteiger charge is 2.26. The molecule has 1 aliphatic heterocycles. The van der Waals surface area contributed by atoms with Crippen molar-refractivity contribution < 1.29 is 14.6 Å². The molecule has 0 aliphatic carbocycles. The number of guanidine groups is 1. The van der Waals surface area contributed by atoms with Crippen molar-refractivity contribution in [3.8, 4) is 5.75 Å². The van der Waals surface area contributed by atoms with Gasteiger partial charge in [-0.05, 0) is 44.9 Å². The molecular weight excluding hydrogens is 447 g/mol. The Morgan fingerprint density at radius 3 is 2.42 bits per heavy atom. The van der Waals surface area contributed by atoms with E-state index in [0.29, 0.717) is 45.1 Å². The first-order valence-corrected chi connectivity index (χ1v) is 8.55. The van der Waals surface area contributed by atoms with E-state index in [4.69, 9.17) is 10.5 Å². The first-order valence-electron chi connectivity index (χ1n) is 8.55. The fraction of sp³-hybridized carbons (Fsp3) is 0.556. The summed E-state index contributed by atoms with van der Waals surface area (Å²) in [6, 6.07) is 7.13. The van der Waals surface area contributed by atoms with Crippen molar-refractivity contribution >= 4 is 36.0 Å². The second kappa shape index (κ2) is 9.84. The number of carbonyl (C=O) groups is 1. The van der Waals surface area contributed by atoms with Gasteiger partial charge >= 0.3 is 6.09 Å². The molecule has 0 saturated carbocycles. The third-order valence-electron chi connectivity index (χ3n) is 3.84. The minimum atomic E-state index is -0.486. The molecule has 0 radical (unpaired) electrons. The van der Waals surface area contributed by atoms with Gasteiger partial charge in [0.2, 0.25) is 0 Å². The molecule has 7 nitrogen and oxygen atoms in total. The highest BCUT2D eigenvalue weighted by Crippen LogP contribution is 2.13. The molecule has 1 fully saturated rings. The molecule has 0 atom stereocenters. The van der Waals surface area contributed by atoms with Crippen molar-refractivity contribution in [3.05, 3.63) is 29.8 Å². The largest absolute Gasteiger partial charge is 0.508 e. The van der Waals surface area contributed by atoms with Crippen LogP contribution < -0.4 is 5.73 Å². The van der Waals surface area contributed by atoms with E-state index in [1.165, 1.54) is 0 Å². The molecule has 0 unspecified atom stereocenters. The fourth-order valence-electron chi connectivity index (χ4n) is 2.56. The van der Waals surface area contributed by atoms with Gasteiger partial charge in [0.15, 0.2) is 5.96 Å². The van der Waals surface area contributed by atoms with Crippen molar-refractivity contribution in [2.24, 2.45) is 10.7 Å². The van der Waals surface area contributed by atoms with E-state index < -0.39 is 5.60 Å². The molecule has 1 amide bonds. The Morgan fingerprint density at radius 1 is 1.23 bits per heavy atom. The van der Waals surface area contributed by atoms with E-state index in [1.54, 1.807) is 17.0 Å². The van der Waals surface area contributed by atoms with Gasteiger partial charge in [-0.2, -0.15) is 0 Å². The first-order chi connectivity index (χ1) is 11.7. The van der Waals surface area contributed by atoms with Gasteiger partial charge in [0.25, 0.3) is 0 Å². The SMILES string of the molecule is CC(C)(C)OC(=O)N1CCN(C(N)=NCCc2cccc(O)c2)CC1.I. The maximum Gasteiger partial charge on any atom is 0.410 e. The number of nitrogens with zero attached hydrogens (tertiary/aromatic N) is 3. The number of phenolic OH excluding ortho intramolecular Hbond substituents is 1. The van der Waals surface area contributed by atoms with Crippen LogP contribution in [-0.4, -0.2) is 65.3 Å². The summed E-state index contributed by atoms with van der Waals surface area (Å²) in [5.74, 6) is 0.747. The van der Waals surface area contributed by atoms with Gasteiger partial charge in [0, 0.05) is 32.7 Å². The number of ether oxygens (including phenoxy) is 1. The van der Waals surface area contributed by atoms with Gasteiger partial charge in [0.1, 0.15) is 11.4 Å². The monoisotopic (exact) mass is 476 g/mol. The summed E-state index contributed by atoms with van der Waals surface area (Å²) in [5, 5.41) is 9.45. The lowest BCUT2D eigenvalue weighted by atomic mass is 10.1. The summed E-state index contributed by atoms with van der Waals surface area (Å²) < 4.78 is 5.38. The van der Waals surface area contributed by atoms with Crippen molar-refractivity contribution in [3.63, 3.8) is 0 Å². The summed E-state index contributed by atoms with van der Waals surface area (Å²) in [4.78, 5) is 20.1. The van der Waals surface area contributed by atoms with Crippen molar-refractivity contribution in [1.29, 1.82) is 0 Å². The van der Waals surface area contributed by atoms with Crippen molar-refractivity contribution in [1.82, 2.24) is 9.80 Å². The second-order valence-electron chi connectivity index (χ2n) is 7.11. The number of hydrogen-bond acceptors (Lipinski definition) is 4. The topological polar surface area (TPSA) is 91.4 Å². The zero-order chi connectivity index (χ0) is 18.4. The number of rotatable bonds is 3. The van der Waals surface area contributed by atoms with E-state index in [0.717, 1.165) is 5.56 Å². The summed E-state index contributed by atoms with van der Waals surface area (Å²) >= 11 is 0. The van der Waals surface area contributed by atoms with Crippen LogP contribution in [0.15, 0.2) is 29.3 Å². The fourth-order valence-corrected chi connectivity index (χ4v) is 2.56. The van der Waals surface area contributed by atoms with Gasteiger partial charge in [-0.1, -0.05) is 12.1 Å². The van der Waals surface area contributed by atoms with E-state index >= 15 is 0 Å². The van der Waals surface area contributed by atoms with Crippen LogP contribution in [0.5, 0.6) is 5.75 Å². The molecule has 8 heteroatoms. The number of hydrogen-bond donors (Lipinski definition) is 2. The number of aromatic hydroxyl groups is 1. The standard InChI is InChI=1S/C18H28N4O3.HI/c1-18(2,3)25-17(24)22-11-9-21(10-12-22)16(19)20-8-7-14-5-4-6-15(23)13-14;/h4-6,13,23H,7-12H2,1-3H3,(H2,19,20);1H. The van der Waals surface area contributed by atoms with E-state index in [9.17, 15) is 9.90 Å². The average molecular weight is 476 g/mol. The lowest BCUT2D eigenvalue weighted by Crippen LogP contribution is -2.53. The number of phenols is 1. The molecule has 0 bridgehead atoms. The van der Waals surface area contributed by atoms with E-state index in [-0.39, 0.29) is 35.8 Å². The van der Waals surface area contributed by atoms with Crippen LogP contribution in [-0.2, 0) is 11.2 Å². The Hall–Kier alpha value is -1.71. The van der Waals surface area contributed by atoms with Crippen molar-refractivity contribution in [2.45, 2.75) is 32.8 Å². The summed E-state index contributed by atoms with van der Waals surface area (Å²) in [7, 11) is 0. The lowest BCUT2D eigenvalue weighted by molar-refractivity contribution is 0.0186. The van der Waals surface area contributed by atoms with Gasteiger partial charge < -0.3 is 25.4 Å². The Morgan fingerprint density at radius 2 is 1.85 bits per heavy atom. The number of carbonyl (C=O) groups excluding carboxylic acids is 1. The lowest BCUT2D eigenvalue weighted by Gasteiger charge is -2.36. The zero-order valence-electron chi connectivity index (χ0n) is 15.6. The quantitative estimate of drug-likeness (QED) is 0.397. The van der Waals surface area contributed by atoms with E-state index in [1.807, 2.05) is 37.8 Å². The van der Waals surface area contributed by atoms with Crippen LogP contribution in [0, 0.1) is 0 Å². The van der Waals surface area contributed by atoms with Gasteiger partial charge in [-0.15, -0.1) is 24.0 Å². The molecular formula is C18H29IN4O3. The minimum absolute atomic E-state index is 0. The molecule has 1 heterocycles. The maximum atomic E-state index is 12.0. The third-order valence-corrected chi connectivity index (χ3v) is 3.84. The molecule has 3 N–H and O–H groups in total. The van der Waals surface area contributed by atoms with Gasteiger partial charge in [0.05, 0.1) is 0 Å². The Labute approximate surface area is 172 Å². The minimum Gasteiger partial charge on any atom is -0.508 e. The number of benzene rings is 1. The summed E-state index contributed by atoms with van der Waals surface area (Å²) in [5.41, 5.74) is 6.59. The van der Waals surface area contributed by atoms with Crippen LogP contribution in [0.2, 0.25) is 0 Å². The predicted octanol–water partition coefficient (Wildman–Crippen LogP) is 2.42. The van der Waals surface area contributed by atoms with Crippen LogP contribution >= 0.6 is 24.0 Å². The Balaban J connectivity index is 0.00000338. The number of amides is 1. The highest BCUT2D eigenvalue weighted by molar-refractivity contribution is 14.0. The predicted molar refractivity (Wildman–Crippen MR) is 113 cm³/mol. The smallest absolute Gasteiger partial charge is 0.410 e. The number of halogens is 1. The van der Waals surface area contributed by atoms with Crippen LogP contribution in [0.3, 0.4) is 0 Å². The second-order valence-corrected chi connectivity index (χ2v) is 7.11. The molecule has 1 saturated heterocycles. The highest BCUT2D eigenvalue weighted by atomic mass is 127. The third kappa shape index (κ3) is 7.27. The Kier molecular flexibility index (Phi) is 8.45. The molecule has 0 aromatic heterocycles. The van der Waals surface area contributed by atoms with E-state index in [2.05, 4.69) is 4.99 Å². The van der Waals surface area contributed by atoms with Gasteiger partial charge in [-0.3, -0.25) is 4.99 Å². The summed E-state index contributed by atoms with van der Waals surface area (Å²) in [6.45, 7) is 8.55. The first kappa shape index (κ1) is 22.3. The molecule has 0 spiro atoms. The van der Waals surface area contributed by atoms with Crippen LogP contribution in [0.4, 0.5) is 4.79 Å². The molecule has 146 valence electrons. The summed E-state index contributed by atoms with van der Waals surface area (Å²) in [6.07, 6.45) is 0.430. The number of nitrogens with two attached hydrogens (primary N) is 1. The van der Waals surface area contributed by atoms with Gasteiger partial charge in [-0.25, -0.2) is 4.79 Å². The average Bonchev–Trinajstić information content (AvgIpc) is 2.53. The molecule has 26 heavy (non-hydrogen) atoms.